The van der Waals surface area contributed by atoms with Gasteiger partial charge < -0.3 is 5.11 Å². The summed E-state index contributed by atoms with van der Waals surface area (Å²) in [6.07, 6.45) is -0.445. The summed E-state index contributed by atoms with van der Waals surface area (Å²) in [5.74, 6) is 0. The van der Waals surface area contributed by atoms with Gasteiger partial charge in [0.2, 0.25) is 0 Å². The van der Waals surface area contributed by atoms with E-state index in [1.807, 2.05) is 0 Å². The van der Waals surface area contributed by atoms with Gasteiger partial charge in [-0.05, 0) is 19.4 Å². The smallest absolute Gasteiger partial charge is 0.251 e. The van der Waals surface area contributed by atoms with Crippen molar-refractivity contribution in [2.24, 2.45) is 0 Å². The first-order valence-corrected chi connectivity index (χ1v) is 5.50. The summed E-state index contributed by atoms with van der Waals surface area (Å²) in [5.41, 5.74) is 0. The Bertz CT molecular complexity index is 116. The molecule has 80 valence electrons. The van der Waals surface area contributed by atoms with E-state index < -0.39 is 6.43 Å². The second-order valence-corrected chi connectivity index (χ2v) is 3.60. The van der Waals surface area contributed by atoms with Gasteiger partial charge in [0.25, 0.3) is 6.43 Å². The van der Waals surface area contributed by atoms with Crippen molar-refractivity contribution in [3.8, 4) is 0 Å². The molecule has 0 saturated heterocycles. The van der Waals surface area contributed by atoms with Crippen molar-refractivity contribution in [1.82, 2.24) is 4.90 Å². The van der Waals surface area contributed by atoms with Crippen LogP contribution in [0.3, 0.4) is 0 Å². The molecule has 2 nitrogen and oxygen atoms in total. The molecule has 0 fully saturated rings. The van der Waals surface area contributed by atoms with Crippen molar-refractivity contribution < 1.29 is 13.9 Å². The van der Waals surface area contributed by atoms with E-state index in [4.69, 9.17) is 5.11 Å². The van der Waals surface area contributed by atoms with Crippen LogP contribution in [0.25, 0.3) is 0 Å². The third-order valence-electron chi connectivity index (χ3n) is 1.67. The molecular weight excluding hydrogens is 244 g/mol. The van der Waals surface area contributed by atoms with Crippen LogP contribution in [-0.4, -0.2) is 48.0 Å². The molecule has 0 atom stereocenters. The molecule has 0 spiro atoms. The minimum Gasteiger partial charge on any atom is -0.395 e. The fourth-order valence-corrected chi connectivity index (χ4v) is 1.46. The third kappa shape index (κ3) is 8.59. The fourth-order valence-electron chi connectivity index (χ4n) is 1.06. The minimum absolute atomic E-state index is 0.0545. The van der Waals surface area contributed by atoms with Crippen molar-refractivity contribution in [3.05, 3.63) is 0 Å². The normalized spacial score (nSPS) is 11.5. The highest BCUT2D eigenvalue weighted by atomic mass is 79.9. The van der Waals surface area contributed by atoms with Gasteiger partial charge in [0.15, 0.2) is 0 Å². The van der Waals surface area contributed by atoms with E-state index in [0.717, 1.165) is 18.2 Å². The molecule has 13 heavy (non-hydrogen) atoms. The zero-order valence-corrected chi connectivity index (χ0v) is 9.14. The molecule has 0 aromatic rings. The molecule has 0 radical (unpaired) electrons. The van der Waals surface area contributed by atoms with Crippen LogP contribution < -0.4 is 0 Å². The van der Waals surface area contributed by atoms with E-state index in [1.54, 1.807) is 4.90 Å². The van der Waals surface area contributed by atoms with Crippen LogP contribution in [0, 0.1) is 0 Å². The lowest BCUT2D eigenvalue weighted by Crippen LogP contribution is -2.32. The van der Waals surface area contributed by atoms with E-state index in [1.165, 1.54) is 0 Å². The molecule has 0 saturated carbocycles. The van der Waals surface area contributed by atoms with Crippen LogP contribution in [0.15, 0.2) is 0 Å². The van der Waals surface area contributed by atoms with Crippen LogP contribution >= 0.6 is 15.9 Å². The van der Waals surface area contributed by atoms with Gasteiger partial charge in [0, 0.05) is 11.9 Å². The summed E-state index contributed by atoms with van der Waals surface area (Å²) in [6, 6.07) is 0. The first kappa shape index (κ1) is 13.3. The topological polar surface area (TPSA) is 23.5 Å². The number of halogens is 3. The number of unbranched alkanes of at least 4 members (excludes halogenated alkanes) is 1. The molecule has 0 aliphatic heterocycles. The van der Waals surface area contributed by atoms with Crippen molar-refractivity contribution in [2.45, 2.75) is 19.3 Å². The predicted octanol–water partition coefficient (Wildman–Crippen LogP) is 1.72. The monoisotopic (exact) mass is 259 g/mol. The highest BCUT2D eigenvalue weighted by Crippen LogP contribution is 2.01. The van der Waals surface area contributed by atoms with Gasteiger partial charge in [-0.25, -0.2) is 8.78 Å². The van der Waals surface area contributed by atoms with Gasteiger partial charge in [-0.2, -0.15) is 0 Å². The maximum absolute atomic E-state index is 12.0. The lowest BCUT2D eigenvalue weighted by atomic mass is 10.3. The maximum Gasteiger partial charge on any atom is 0.251 e. The van der Waals surface area contributed by atoms with Gasteiger partial charge in [0.05, 0.1) is 13.2 Å². The molecule has 0 unspecified atom stereocenters. The lowest BCUT2D eigenvalue weighted by Gasteiger charge is -2.20. The summed E-state index contributed by atoms with van der Waals surface area (Å²) >= 11 is 3.27. The Morgan fingerprint density at radius 1 is 1.23 bits per heavy atom. The average molecular weight is 260 g/mol. The van der Waals surface area contributed by atoms with Gasteiger partial charge in [-0.1, -0.05) is 15.9 Å². The number of nitrogens with zero attached hydrogens (tertiary/aromatic N) is 1. The van der Waals surface area contributed by atoms with Crippen molar-refractivity contribution in [2.75, 3.05) is 31.6 Å². The summed E-state index contributed by atoms with van der Waals surface area (Å²) in [7, 11) is 0. The van der Waals surface area contributed by atoms with Crippen molar-refractivity contribution in [3.63, 3.8) is 0 Å². The van der Waals surface area contributed by atoms with E-state index in [9.17, 15) is 8.78 Å². The average Bonchev–Trinajstić information content (AvgIpc) is 2.04. The van der Waals surface area contributed by atoms with Crippen LogP contribution in [0.1, 0.15) is 12.8 Å². The molecular formula is C8H16BrF2NO. The first-order chi connectivity index (χ1) is 6.20. The van der Waals surface area contributed by atoms with E-state index in [-0.39, 0.29) is 13.2 Å². The van der Waals surface area contributed by atoms with Gasteiger partial charge in [-0.15, -0.1) is 0 Å². The number of aliphatic hydroxyl groups is 1. The molecule has 5 heteroatoms. The van der Waals surface area contributed by atoms with Crippen molar-refractivity contribution in [1.29, 1.82) is 0 Å². The van der Waals surface area contributed by atoms with Crippen molar-refractivity contribution >= 4 is 15.9 Å². The predicted molar refractivity (Wildman–Crippen MR) is 52.6 cm³/mol. The van der Waals surface area contributed by atoms with E-state index in [2.05, 4.69) is 15.9 Å². The Balaban J connectivity index is 3.53. The Morgan fingerprint density at radius 3 is 2.38 bits per heavy atom. The molecule has 0 rings (SSSR count). The molecule has 1 N–H and O–H groups in total. The molecule has 0 bridgehead atoms. The summed E-state index contributed by atoms with van der Waals surface area (Å²) in [5, 5.41) is 9.51. The molecule has 0 aromatic carbocycles. The van der Waals surface area contributed by atoms with E-state index in [0.29, 0.717) is 13.1 Å². The first-order valence-electron chi connectivity index (χ1n) is 4.38. The zero-order chi connectivity index (χ0) is 10.1. The Morgan fingerprint density at radius 2 is 1.92 bits per heavy atom. The molecule has 0 aliphatic rings. The maximum atomic E-state index is 12.0. The number of alkyl halides is 3. The van der Waals surface area contributed by atoms with Gasteiger partial charge >= 0.3 is 0 Å². The highest BCUT2D eigenvalue weighted by molar-refractivity contribution is 9.09. The molecule has 0 heterocycles. The third-order valence-corrected chi connectivity index (χ3v) is 2.23. The van der Waals surface area contributed by atoms with Crippen LogP contribution in [0.5, 0.6) is 0 Å². The highest BCUT2D eigenvalue weighted by Gasteiger charge is 2.10. The lowest BCUT2D eigenvalue weighted by molar-refractivity contribution is 0.0777. The molecule has 0 aromatic heterocycles. The number of aliphatic hydroxyl groups excluding tert-OH is 1. The molecule has 0 amide bonds. The second kappa shape index (κ2) is 8.84. The molecule has 0 aliphatic carbocycles. The standard InChI is InChI=1S/C8H16BrF2NO/c9-3-1-2-4-12(5-6-13)7-8(10)11/h8,13H,1-7H2. The van der Waals surface area contributed by atoms with Crippen LogP contribution in [-0.2, 0) is 0 Å². The number of hydrogen-bond donors (Lipinski definition) is 1. The Hall–Kier alpha value is 0.260. The fraction of sp³-hybridized carbons (Fsp3) is 1.00. The second-order valence-electron chi connectivity index (χ2n) is 2.81. The summed E-state index contributed by atoms with van der Waals surface area (Å²) in [4.78, 5) is 1.59. The van der Waals surface area contributed by atoms with Gasteiger partial charge in [0.1, 0.15) is 0 Å². The van der Waals surface area contributed by atoms with Crippen LogP contribution in [0.4, 0.5) is 8.78 Å². The quantitative estimate of drug-likeness (QED) is 0.530. The SMILES string of the molecule is OCCN(CCCCBr)CC(F)F. The number of hydrogen-bond acceptors (Lipinski definition) is 2. The Kier molecular flexibility index (Phi) is 9.02. The minimum atomic E-state index is -2.31. The largest absolute Gasteiger partial charge is 0.395 e. The van der Waals surface area contributed by atoms with Crippen LogP contribution in [0.2, 0.25) is 0 Å². The zero-order valence-electron chi connectivity index (χ0n) is 7.56. The number of rotatable bonds is 8. The summed E-state index contributed by atoms with van der Waals surface area (Å²) < 4.78 is 24.0. The summed E-state index contributed by atoms with van der Waals surface area (Å²) in [6.45, 7) is 0.688. The van der Waals surface area contributed by atoms with E-state index >= 15 is 0 Å². The van der Waals surface area contributed by atoms with Gasteiger partial charge in [-0.3, -0.25) is 4.90 Å². The Labute approximate surface area is 86.0 Å².